The number of pyridine rings is 1. The average Bonchev–Trinajstić information content (AvgIpc) is 3.06. The lowest BCUT2D eigenvalue weighted by atomic mass is 9.90. The standard InChI is InChI=1S/C35H39F4N3O6S/c1-23-19-29(8-10-32(23)49(2,45)46)47-27-13-17-42(18-14-27)33(44)30-9-5-26(21-40-30)31(43)20-24-11-15-41(16-12-24)22-25-3-6-28(7-4-25)48-35(38,39)34(36)37/h3-10,19,21,24,27,34H,11-18,20,22H2,1-2H3. The number of ketones is 1. The highest BCUT2D eigenvalue weighted by Crippen LogP contribution is 2.29. The first-order chi connectivity index (χ1) is 23.2. The molecule has 264 valence electrons. The van der Waals surface area contributed by atoms with Crippen LogP contribution >= 0.6 is 0 Å². The van der Waals surface area contributed by atoms with Crippen molar-refractivity contribution in [3.8, 4) is 11.5 Å². The number of alkyl halides is 4. The number of likely N-dealkylation sites (tertiary alicyclic amines) is 2. The third-order valence-electron chi connectivity index (χ3n) is 8.90. The summed E-state index contributed by atoms with van der Waals surface area (Å²) < 4.78 is 84.9. The molecule has 9 nitrogen and oxygen atoms in total. The van der Waals surface area contributed by atoms with Crippen molar-refractivity contribution in [3.05, 3.63) is 83.2 Å². The summed E-state index contributed by atoms with van der Waals surface area (Å²) in [6.07, 6.45) is -2.79. The Morgan fingerprint density at radius 2 is 1.59 bits per heavy atom. The molecule has 2 saturated heterocycles. The number of hydrogen-bond donors (Lipinski definition) is 0. The van der Waals surface area contributed by atoms with Gasteiger partial charge in [-0.1, -0.05) is 12.1 Å². The van der Waals surface area contributed by atoms with Gasteiger partial charge in [-0.2, -0.15) is 17.6 Å². The van der Waals surface area contributed by atoms with E-state index in [1.54, 1.807) is 54.3 Å². The Kier molecular flexibility index (Phi) is 11.3. The smallest absolute Gasteiger partial charge is 0.461 e. The number of sulfone groups is 1. The summed E-state index contributed by atoms with van der Waals surface area (Å²) in [6, 6.07) is 13.8. The van der Waals surface area contributed by atoms with E-state index in [0.29, 0.717) is 55.8 Å². The summed E-state index contributed by atoms with van der Waals surface area (Å²) in [5.74, 6) is 0.177. The highest BCUT2D eigenvalue weighted by molar-refractivity contribution is 7.90. The third kappa shape index (κ3) is 9.56. The topological polar surface area (TPSA) is 106 Å². The average molecular weight is 706 g/mol. The van der Waals surface area contributed by atoms with Gasteiger partial charge in [0.1, 0.15) is 23.3 Å². The largest absolute Gasteiger partial charge is 0.490 e. The van der Waals surface area contributed by atoms with Gasteiger partial charge in [-0.15, -0.1) is 0 Å². The normalized spacial score (nSPS) is 16.9. The van der Waals surface area contributed by atoms with Crippen LogP contribution in [-0.4, -0.2) is 86.0 Å². The Morgan fingerprint density at radius 3 is 2.16 bits per heavy atom. The van der Waals surface area contributed by atoms with Crippen molar-refractivity contribution < 1.29 is 45.0 Å². The highest BCUT2D eigenvalue weighted by Gasteiger charge is 2.44. The summed E-state index contributed by atoms with van der Waals surface area (Å²) in [5, 5.41) is 0. The molecular weight excluding hydrogens is 666 g/mol. The van der Waals surface area contributed by atoms with Crippen LogP contribution < -0.4 is 9.47 Å². The molecule has 0 bridgehead atoms. The number of amides is 1. The van der Waals surface area contributed by atoms with Crippen LogP contribution in [0.4, 0.5) is 17.6 Å². The Morgan fingerprint density at radius 1 is 0.939 bits per heavy atom. The van der Waals surface area contributed by atoms with Gasteiger partial charge in [0.15, 0.2) is 15.6 Å². The number of ether oxygens (including phenoxy) is 2. The van der Waals surface area contributed by atoms with Crippen LogP contribution in [0, 0.1) is 12.8 Å². The molecule has 0 unspecified atom stereocenters. The predicted molar refractivity (Wildman–Crippen MR) is 173 cm³/mol. The molecule has 14 heteroatoms. The maximum absolute atomic E-state index is 13.1. The summed E-state index contributed by atoms with van der Waals surface area (Å²) in [5.41, 5.74) is 2.16. The molecule has 2 fully saturated rings. The number of aromatic nitrogens is 1. The zero-order valence-electron chi connectivity index (χ0n) is 27.3. The lowest BCUT2D eigenvalue weighted by molar-refractivity contribution is -0.253. The summed E-state index contributed by atoms with van der Waals surface area (Å²) >= 11 is 0. The molecule has 3 heterocycles. The van der Waals surface area contributed by atoms with E-state index in [1.807, 2.05) is 0 Å². The van der Waals surface area contributed by atoms with Crippen LogP contribution in [0.2, 0.25) is 0 Å². The third-order valence-corrected chi connectivity index (χ3v) is 10.2. The second-order valence-corrected chi connectivity index (χ2v) is 14.7. The van der Waals surface area contributed by atoms with Gasteiger partial charge in [0, 0.05) is 56.9 Å². The molecule has 0 spiro atoms. The Balaban J connectivity index is 1.04. The van der Waals surface area contributed by atoms with Gasteiger partial charge in [0.25, 0.3) is 5.91 Å². The fraction of sp³-hybridized carbons (Fsp3) is 0.457. The van der Waals surface area contributed by atoms with E-state index in [4.69, 9.17) is 4.74 Å². The van der Waals surface area contributed by atoms with E-state index in [9.17, 15) is 35.6 Å². The zero-order chi connectivity index (χ0) is 35.3. The van der Waals surface area contributed by atoms with E-state index in [0.717, 1.165) is 31.5 Å². The van der Waals surface area contributed by atoms with Gasteiger partial charge in [0.05, 0.1) is 4.90 Å². The summed E-state index contributed by atoms with van der Waals surface area (Å²) in [6.45, 7) is 4.71. The first kappa shape index (κ1) is 36.2. The summed E-state index contributed by atoms with van der Waals surface area (Å²) in [4.78, 5) is 34.6. The van der Waals surface area contributed by atoms with Crippen molar-refractivity contribution in [1.29, 1.82) is 0 Å². The van der Waals surface area contributed by atoms with Gasteiger partial charge in [-0.25, -0.2) is 8.42 Å². The number of carbonyl (C=O) groups is 2. The molecule has 1 aromatic heterocycles. The second kappa shape index (κ2) is 15.2. The first-order valence-corrected chi connectivity index (χ1v) is 18.0. The molecule has 2 aliphatic rings. The quantitative estimate of drug-likeness (QED) is 0.162. The number of aryl methyl sites for hydroxylation is 1. The van der Waals surface area contributed by atoms with Crippen LogP contribution in [0.25, 0.3) is 0 Å². The number of piperidine rings is 2. The van der Waals surface area contributed by atoms with Crippen LogP contribution in [0.3, 0.4) is 0 Å². The van der Waals surface area contributed by atoms with Gasteiger partial charge < -0.3 is 14.4 Å². The number of Topliss-reactive ketones (excluding diaryl/α,β-unsaturated/α-hetero) is 1. The molecule has 0 radical (unpaired) electrons. The van der Waals surface area contributed by atoms with Crippen molar-refractivity contribution in [2.24, 2.45) is 5.92 Å². The number of rotatable bonds is 12. The van der Waals surface area contributed by atoms with Crippen molar-refractivity contribution >= 4 is 21.5 Å². The van der Waals surface area contributed by atoms with Crippen molar-refractivity contribution in [3.63, 3.8) is 0 Å². The van der Waals surface area contributed by atoms with Crippen molar-refractivity contribution in [1.82, 2.24) is 14.8 Å². The van der Waals surface area contributed by atoms with E-state index in [-0.39, 0.29) is 40.1 Å². The lowest BCUT2D eigenvalue weighted by Gasteiger charge is -2.32. The van der Waals surface area contributed by atoms with Gasteiger partial charge >= 0.3 is 12.5 Å². The van der Waals surface area contributed by atoms with E-state index in [2.05, 4.69) is 14.6 Å². The van der Waals surface area contributed by atoms with E-state index in [1.165, 1.54) is 24.6 Å². The van der Waals surface area contributed by atoms with Gasteiger partial charge in [-0.05, 0) is 92.4 Å². The fourth-order valence-corrected chi connectivity index (χ4v) is 7.14. The molecule has 0 aliphatic carbocycles. The van der Waals surface area contributed by atoms with Crippen LogP contribution in [0.1, 0.15) is 64.1 Å². The number of carbonyl (C=O) groups excluding carboxylic acids is 2. The monoisotopic (exact) mass is 705 g/mol. The highest BCUT2D eigenvalue weighted by atomic mass is 32.2. The molecule has 1 amide bonds. The minimum atomic E-state index is -4.55. The second-order valence-electron chi connectivity index (χ2n) is 12.7. The molecule has 3 aromatic rings. The van der Waals surface area contributed by atoms with Crippen LogP contribution in [-0.2, 0) is 16.4 Å². The van der Waals surface area contributed by atoms with E-state index < -0.39 is 22.4 Å². The van der Waals surface area contributed by atoms with Crippen molar-refractivity contribution in [2.45, 2.75) is 69.1 Å². The Labute approximate surface area is 283 Å². The molecule has 0 saturated carbocycles. The van der Waals surface area contributed by atoms with Gasteiger partial charge in [-0.3, -0.25) is 19.5 Å². The molecule has 49 heavy (non-hydrogen) atoms. The minimum absolute atomic E-state index is 0.0427. The first-order valence-electron chi connectivity index (χ1n) is 16.1. The lowest BCUT2D eigenvalue weighted by Crippen LogP contribution is -2.42. The maximum Gasteiger partial charge on any atom is 0.461 e. The summed E-state index contributed by atoms with van der Waals surface area (Å²) in [7, 11) is -3.31. The van der Waals surface area contributed by atoms with E-state index >= 15 is 0 Å². The SMILES string of the molecule is Cc1cc(OC2CCN(C(=O)c3ccc(C(=O)CC4CCN(Cc5ccc(OC(F)(F)C(F)F)cc5)CC4)cn3)CC2)ccc1S(C)(=O)=O. The van der Waals surface area contributed by atoms with Gasteiger partial charge in [0.2, 0.25) is 0 Å². The zero-order valence-corrected chi connectivity index (χ0v) is 28.1. The molecule has 2 aliphatic heterocycles. The molecular formula is C35H39F4N3O6S. The predicted octanol–water partition coefficient (Wildman–Crippen LogP) is 6.20. The molecule has 2 aromatic carbocycles. The molecule has 0 atom stereocenters. The van der Waals surface area contributed by atoms with Crippen molar-refractivity contribution in [2.75, 3.05) is 32.4 Å². The molecule has 0 N–H and O–H groups in total. The number of hydrogen-bond acceptors (Lipinski definition) is 8. The maximum atomic E-state index is 13.1. The number of benzene rings is 2. The fourth-order valence-electron chi connectivity index (χ4n) is 6.18. The number of nitrogens with zero attached hydrogens (tertiary/aromatic N) is 3. The Hall–Kier alpha value is -4.04. The Bertz CT molecular complexity index is 1720. The van der Waals surface area contributed by atoms with Crippen LogP contribution in [0.5, 0.6) is 11.5 Å². The van der Waals surface area contributed by atoms with Crippen LogP contribution in [0.15, 0.2) is 65.7 Å². The number of halogens is 4. The minimum Gasteiger partial charge on any atom is -0.490 e. The molecule has 5 rings (SSSR count).